The van der Waals surface area contributed by atoms with Crippen molar-refractivity contribution in [1.29, 1.82) is 0 Å². The average Bonchev–Trinajstić information content (AvgIpc) is 1.48. The zero-order valence-electron chi connectivity index (χ0n) is 76.6. The first-order chi connectivity index (χ1) is 51.4. The van der Waals surface area contributed by atoms with Crippen LogP contribution in [0.1, 0.15) is 144 Å². The molecule has 25 heteroatoms. The number of likely N-dealkylation sites (tertiary alicyclic amines) is 2. The van der Waals surface area contributed by atoms with Crippen LogP contribution < -0.4 is 9.80 Å². The van der Waals surface area contributed by atoms with Gasteiger partial charge in [0.1, 0.15) is 28.4 Å². The fourth-order valence-electron chi connectivity index (χ4n) is 7.42. The largest absolute Gasteiger partial charge is 0.519 e. The molecule has 2 fully saturated rings. The van der Waals surface area contributed by atoms with E-state index in [-0.39, 0.29) is 30.1 Å². The standard InChI is InChI=1S/C27H30ClN5O2S.C25H32ClN5O4S.C10H18O5/c1-19-9-11-22(12-10-19)36(34,35)33-16-14-23-25(29-27(28)30-26(23)33)31(3)24-18-32(15-13-20(24)2)17-21-7-5-4-6-8-21;1-16-7-9-18(10-8-16)36(33,34)31-14-12-19-21(27-23(26)28-22(19)31)29(6)20-15-30(13-11-17(20)2)24(32)35-25(3,4)5;1-9(2,3)14-7(11)13-8(12)15-10(4,5)6/h4-12,14,16,20,24H,13,15,17-18H2,1-3H3;7-10,12,14,17,20H,11,13,15H2,1-6H3;1-6H3/i2D3,3D3,13D2,15D2,18D2,20D,24D;2D3,6D3,11D2,13D2,15D2,17D,20D;. The Bertz CT molecular complexity index is 5060. The van der Waals surface area contributed by atoms with Gasteiger partial charge in [0, 0.05) is 91.3 Å². The molecule has 87 heavy (non-hydrogen) atoms. The molecule has 7 aromatic rings. The van der Waals surface area contributed by atoms with Gasteiger partial charge in [0.05, 0.1) is 32.1 Å². The summed E-state index contributed by atoms with van der Waals surface area (Å²) in [7, 11) is -9.01. The maximum absolute atomic E-state index is 13.7. The normalized spacial score (nSPS) is 29.9. The maximum Gasteiger partial charge on any atom is 0.519 e. The minimum Gasteiger partial charge on any atom is -0.444 e. The number of likely N-dealkylation sites (N-methyl/N-ethyl adjacent to an activating group) is 2. The highest BCUT2D eigenvalue weighted by Crippen LogP contribution is 2.35. The van der Waals surface area contributed by atoms with Crippen LogP contribution in [0.5, 0.6) is 0 Å². The molecular formula is C62H80Cl2N10O11S2. The summed E-state index contributed by atoms with van der Waals surface area (Å²) in [6, 6.07) is 12.0. The summed E-state index contributed by atoms with van der Waals surface area (Å²) in [4.78, 5) is 49.6. The molecule has 4 aromatic heterocycles. The molecule has 0 spiro atoms. The molecule has 9 rings (SSSR count). The minimum absolute atomic E-state index is 0.173. The van der Waals surface area contributed by atoms with Crippen molar-refractivity contribution in [2.75, 3.05) is 49.7 Å². The molecular weight excluding hydrogens is 1200 g/mol. The lowest BCUT2D eigenvalue weighted by Crippen LogP contribution is -2.53. The van der Waals surface area contributed by atoms with Crippen molar-refractivity contribution in [3.8, 4) is 0 Å². The molecule has 6 heterocycles. The summed E-state index contributed by atoms with van der Waals surface area (Å²) in [5.41, 5.74) is -2.50. The van der Waals surface area contributed by atoms with Gasteiger partial charge in [-0.1, -0.05) is 79.4 Å². The third kappa shape index (κ3) is 17.4. The summed E-state index contributed by atoms with van der Waals surface area (Å²) in [6.45, 7) is -15.5. The van der Waals surface area contributed by atoms with E-state index in [4.69, 9.17) is 68.9 Å². The highest BCUT2D eigenvalue weighted by Gasteiger charge is 2.37. The summed E-state index contributed by atoms with van der Waals surface area (Å²) < 4.78 is 320. The number of amides is 1. The molecule has 2 aliphatic heterocycles. The monoisotopic (exact) mass is 1300 g/mol. The quantitative estimate of drug-likeness (QED) is 0.0536. The highest BCUT2D eigenvalue weighted by atomic mass is 35.5. The molecule has 2 aliphatic rings. The molecule has 21 nitrogen and oxygen atoms in total. The number of nitrogens with zero attached hydrogens (tertiary/aromatic N) is 10. The Kier molecular flexibility index (Phi) is 12.0. The van der Waals surface area contributed by atoms with Crippen molar-refractivity contribution in [3.63, 3.8) is 0 Å². The smallest absolute Gasteiger partial charge is 0.444 e. The van der Waals surface area contributed by atoms with Crippen LogP contribution in [0.25, 0.3) is 22.1 Å². The zero-order valence-corrected chi connectivity index (χ0v) is 51.7. The molecule has 2 saturated heterocycles. The molecule has 470 valence electrons. The second-order valence-electron chi connectivity index (χ2n) is 21.7. The number of fused-ring (bicyclic) bond motifs is 2. The average molecular weight is 1300 g/mol. The lowest BCUT2D eigenvalue weighted by Gasteiger charge is -2.42. The van der Waals surface area contributed by atoms with Gasteiger partial charge in [0.15, 0.2) is 11.3 Å². The summed E-state index contributed by atoms with van der Waals surface area (Å²) in [5, 5.41) is -2.84. The zero-order chi connectivity index (χ0) is 88.6. The summed E-state index contributed by atoms with van der Waals surface area (Å²) in [5.74, 6) is -10.9. The molecule has 0 bridgehead atoms. The number of ether oxygens (including phenoxy) is 4. The van der Waals surface area contributed by atoms with Crippen molar-refractivity contribution in [2.45, 2.75) is 148 Å². The molecule has 3 aromatic carbocycles. The van der Waals surface area contributed by atoms with E-state index in [9.17, 15) is 38.1 Å². The predicted molar refractivity (Wildman–Crippen MR) is 338 cm³/mol. The van der Waals surface area contributed by atoms with Crippen molar-refractivity contribution in [2.24, 2.45) is 11.8 Å². The number of rotatable bonds is 10. The lowest BCUT2D eigenvalue weighted by molar-refractivity contribution is -0.0294. The van der Waals surface area contributed by atoms with Crippen LogP contribution in [0.15, 0.2) is 113 Å². The number of aryl methyl sites for hydroxylation is 2. The van der Waals surface area contributed by atoms with Crippen molar-refractivity contribution in [1.82, 2.24) is 37.7 Å². The van der Waals surface area contributed by atoms with Crippen LogP contribution in [0.4, 0.5) is 26.0 Å². The van der Waals surface area contributed by atoms with Crippen molar-refractivity contribution >= 4 is 95.4 Å². The van der Waals surface area contributed by atoms with E-state index >= 15 is 0 Å². The number of carbonyl (C=O) groups is 3. The van der Waals surface area contributed by atoms with Gasteiger partial charge in [0.2, 0.25) is 10.6 Å². The van der Waals surface area contributed by atoms with Gasteiger partial charge in [-0.15, -0.1) is 0 Å². The van der Waals surface area contributed by atoms with E-state index in [2.05, 4.69) is 24.7 Å². The van der Waals surface area contributed by atoms with Gasteiger partial charge in [-0.3, -0.25) is 4.90 Å². The first kappa shape index (κ1) is 38.4. The number of benzene rings is 3. The fraction of sp³-hybridized carbons (Fsp3) is 0.468. The topological polar surface area (TPSA) is 231 Å². The van der Waals surface area contributed by atoms with Crippen LogP contribution in [0.3, 0.4) is 0 Å². The first-order valence-electron chi connectivity index (χ1n) is 39.7. The van der Waals surface area contributed by atoms with Gasteiger partial charge in [-0.25, -0.2) is 39.2 Å². The molecule has 0 radical (unpaired) electrons. The Morgan fingerprint density at radius 3 is 1.45 bits per heavy atom. The van der Waals surface area contributed by atoms with Crippen LogP contribution in [-0.2, 0) is 45.5 Å². The van der Waals surface area contributed by atoms with Gasteiger partial charge in [-0.2, -0.15) is 19.9 Å². The SMILES string of the molecule is CC(C)(C)OC(=O)OC(=O)OC(C)(C)C.[2H]C([2H])([2H])N(c1nc(Cl)nc2c1ccn2S(=O)(=O)c1ccc(C)cc1)C1([2H])C([2H])([2H])N(C(=O)OC(C)(C)C)C([2H])([2H])C([2H])([2H])C1([2H])C([2H])([2H])[2H].[2H]C([2H])([2H])N(c1nc(Cl)nc2c1ccn2S(=O)(=O)c1ccc(C)cc1)C1([2H])C([2H])([2H])N(Cc2ccccc2)C([2H])([2H])C([2H])([2H])C1([2H])C([2H])([2H])[2H]. The molecule has 0 N–H and O–H groups in total. The van der Waals surface area contributed by atoms with Crippen molar-refractivity contribution in [3.05, 3.63) is 131 Å². The van der Waals surface area contributed by atoms with E-state index < -0.39 is 201 Å². The summed E-state index contributed by atoms with van der Waals surface area (Å²) in [6.07, 6.45) is -10.6. The molecule has 0 saturated carbocycles. The van der Waals surface area contributed by atoms with Crippen LogP contribution in [-0.4, -0.2) is 142 Å². The third-order valence-corrected chi connectivity index (χ3v) is 14.9. The number of hydrogen-bond acceptors (Lipinski definition) is 18. The second kappa shape index (κ2) is 27.1. The number of piperidine rings is 2. The van der Waals surface area contributed by atoms with E-state index in [1.165, 1.54) is 93.6 Å². The third-order valence-electron chi connectivity index (χ3n) is 11.2. The Balaban J connectivity index is 0.000000270. The van der Waals surface area contributed by atoms with Gasteiger partial charge in [0.25, 0.3) is 20.0 Å². The lowest BCUT2D eigenvalue weighted by atomic mass is 9.92. The van der Waals surface area contributed by atoms with Crippen molar-refractivity contribution < 1.29 is 88.5 Å². The van der Waals surface area contributed by atoms with Crippen LogP contribution in [0.2, 0.25) is 10.6 Å². The van der Waals surface area contributed by atoms with E-state index in [1.54, 1.807) is 61.5 Å². The number of carbonyl (C=O) groups excluding carboxylic acids is 3. The Morgan fingerprint density at radius 1 is 0.609 bits per heavy atom. The molecule has 0 aliphatic carbocycles. The van der Waals surface area contributed by atoms with Gasteiger partial charge in [-0.05, 0) is 172 Å². The van der Waals surface area contributed by atoms with Crippen LogP contribution in [0, 0.1) is 25.6 Å². The Labute approximate surface area is 560 Å². The first-order valence-corrected chi connectivity index (χ1v) is 29.4. The van der Waals surface area contributed by atoms with E-state index in [1.807, 2.05) is 0 Å². The Morgan fingerprint density at radius 2 is 1.03 bits per heavy atom. The predicted octanol–water partition coefficient (Wildman–Crippen LogP) is 12.6. The fourth-order valence-corrected chi connectivity index (χ4v) is 10.3. The number of anilines is 2. The number of halogens is 2. The Hall–Kier alpha value is -7.05. The van der Waals surface area contributed by atoms with E-state index in [0.717, 1.165) is 30.1 Å². The summed E-state index contributed by atoms with van der Waals surface area (Å²) >= 11 is 12.4. The number of aromatic nitrogens is 6. The van der Waals surface area contributed by atoms with Gasteiger partial charge < -0.3 is 33.6 Å². The van der Waals surface area contributed by atoms with Crippen LogP contribution >= 0.6 is 23.2 Å². The van der Waals surface area contributed by atoms with E-state index in [0.29, 0.717) is 13.5 Å². The maximum atomic E-state index is 13.7. The highest BCUT2D eigenvalue weighted by molar-refractivity contribution is 7.90. The molecule has 4 atom stereocenters. The second-order valence-corrected chi connectivity index (χ2v) is 26.0. The van der Waals surface area contributed by atoms with Gasteiger partial charge >= 0.3 is 18.4 Å². The molecule has 4 unspecified atom stereocenters. The molecule has 1 amide bonds. The number of hydrogen-bond donors (Lipinski definition) is 0. The minimum atomic E-state index is -4.53.